The number of alkyl halides is 1. The van der Waals surface area contributed by atoms with Crippen molar-refractivity contribution in [3.05, 3.63) is 32.9 Å². The Morgan fingerprint density at radius 1 is 1.50 bits per heavy atom. The van der Waals surface area contributed by atoms with Crippen LogP contribution in [-0.2, 0) is 4.74 Å². The quantitative estimate of drug-likeness (QED) is 0.651. The second kappa shape index (κ2) is 4.47. The summed E-state index contributed by atoms with van der Waals surface area (Å²) in [6.45, 7) is 1.37. The number of ether oxygens (including phenoxy) is 1. The molecule has 9 heteroatoms. The van der Waals surface area contributed by atoms with E-state index in [0.717, 1.165) is 13.8 Å². The largest absolute Gasteiger partial charge is 0.394 e. The fraction of sp³-hybridized carbons (Fsp3) is 0.636. The van der Waals surface area contributed by atoms with Crippen LogP contribution in [0.3, 0.4) is 0 Å². The zero-order valence-corrected chi connectivity index (χ0v) is 10.8. The highest BCUT2D eigenvalue weighted by Gasteiger charge is 2.63. The lowest BCUT2D eigenvalue weighted by molar-refractivity contribution is -0.0892. The molecule has 3 N–H and O–H groups in total. The van der Waals surface area contributed by atoms with Gasteiger partial charge in [-0.2, -0.15) is 4.39 Å². The second-order valence-electron chi connectivity index (χ2n) is 5.03. The van der Waals surface area contributed by atoms with Gasteiger partial charge >= 0.3 is 5.69 Å². The molecule has 4 atom stereocenters. The standard InChI is InChI=1S/C11H14F2N2O5/c1-10(13)8(20-6(4-16)11(10,2)19)15-3-5(12)7(17)14-9(15)18/h3,6,8,16,19H,4H2,1-2H3,(H,14,17,18)/t6-,8+,10-,11-/m1/s1. The number of aromatic amines is 1. The SMILES string of the molecule is C[C@@]1(O)[C@@H](CO)O[C@H](n2cc(F)c(=O)[nH]c2=O)[C@@]1(C)F. The molecule has 2 rings (SSSR count). The highest BCUT2D eigenvalue weighted by Crippen LogP contribution is 2.47. The molecule has 1 aliphatic rings. The molecule has 0 amide bonds. The Morgan fingerprint density at radius 2 is 2.10 bits per heavy atom. The first-order valence-corrected chi connectivity index (χ1v) is 5.81. The third-order valence-electron chi connectivity index (χ3n) is 3.72. The van der Waals surface area contributed by atoms with Crippen molar-refractivity contribution in [2.75, 3.05) is 6.61 Å². The average Bonchev–Trinajstić information content (AvgIpc) is 2.52. The summed E-state index contributed by atoms with van der Waals surface area (Å²) in [7, 11) is 0. The van der Waals surface area contributed by atoms with Crippen molar-refractivity contribution in [3.63, 3.8) is 0 Å². The third kappa shape index (κ3) is 1.89. The number of hydrogen-bond acceptors (Lipinski definition) is 5. The molecule has 20 heavy (non-hydrogen) atoms. The van der Waals surface area contributed by atoms with Gasteiger partial charge in [-0.05, 0) is 13.8 Å². The summed E-state index contributed by atoms with van der Waals surface area (Å²) in [5.41, 5.74) is -6.91. The summed E-state index contributed by atoms with van der Waals surface area (Å²) in [5, 5.41) is 19.2. The van der Waals surface area contributed by atoms with Crippen molar-refractivity contribution in [2.24, 2.45) is 0 Å². The first-order valence-electron chi connectivity index (χ1n) is 5.81. The minimum atomic E-state index is -2.49. The normalized spacial score (nSPS) is 37.3. The molecule has 2 heterocycles. The number of aromatic nitrogens is 2. The van der Waals surface area contributed by atoms with Crippen LogP contribution in [0, 0.1) is 5.82 Å². The maximum absolute atomic E-state index is 14.7. The van der Waals surface area contributed by atoms with Gasteiger partial charge in [0.15, 0.2) is 11.9 Å². The lowest BCUT2D eigenvalue weighted by atomic mass is 9.85. The fourth-order valence-electron chi connectivity index (χ4n) is 2.16. The van der Waals surface area contributed by atoms with E-state index >= 15 is 0 Å². The van der Waals surface area contributed by atoms with Gasteiger partial charge in [-0.1, -0.05) is 0 Å². The third-order valence-corrected chi connectivity index (χ3v) is 3.72. The molecule has 112 valence electrons. The highest BCUT2D eigenvalue weighted by atomic mass is 19.1. The molecule has 0 radical (unpaired) electrons. The maximum atomic E-state index is 14.7. The summed E-state index contributed by atoms with van der Waals surface area (Å²) >= 11 is 0. The van der Waals surface area contributed by atoms with E-state index in [1.54, 1.807) is 4.98 Å². The molecule has 0 aliphatic carbocycles. The molecule has 1 aliphatic heterocycles. The van der Waals surface area contributed by atoms with Gasteiger partial charge in [-0.25, -0.2) is 9.18 Å². The molecule has 1 aromatic rings. The fourth-order valence-corrected chi connectivity index (χ4v) is 2.16. The van der Waals surface area contributed by atoms with E-state index in [1.807, 2.05) is 0 Å². The van der Waals surface area contributed by atoms with Crippen LogP contribution in [0.15, 0.2) is 15.8 Å². The van der Waals surface area contributed by atoms with Crippen LogP contribution in [0.5, 0.6) is 0 Å². The number of H-pyrrole nitrogens is 1. The molecule has 0 saturated carbocycles. The van der Waals surface area contributed by atoms with Crippen LogP contribution in [0.2, 0.25) is 0 Å². The van der Waals surface area contributed by atoms with Crippen LogP contribution < -0.4 is 11.2 Å². The molecular weight excluding hydrogens is 278 g/mol. The Hall–Kier alpha value is -1.58. The Morgan fingerprint density at radius 3 is 2.60 bits per heavy atom. The Kier molecular flexibility index (Phi) is 3.31. The van der Waals surface area contributed by atoms with Crippen LogP contribution in [0.4, 0.5) is 8.78 Å². The molecule has 0 spiro atoms. The number of hydrogen-bond donors (Lipinski definition) is 3. The molecule has 1 saturated heterocycles. The monoisotopic (exact) mass is 292 g/mol. The number of aliphatic hydroxyl groups excluding tert-OH is 1. The predicted octanol–water partition coefficient (Wildman–Crippen LogP) is -0.955. The predicted molar refractivity (Wildman–Crippen MR) is 62.4 cm³/mol. The number of nitrogens with zero attached hydrogens (tertiary/aromatic N) is 1. The Bertz CT molecular complexity index is 636. The van der Waals surface area contributed by atoms with Gasteiger partial charge in [0.2, 0.25) is 5.82 Å². The van der Waals surface area contributed by atoms with Gasteiger partial charge in [0.05, 0.1) is 12.8 Å². The van der Waals surface area contributed by atoms with Gasteiger partial charge in [0, 0.05) is 0 Å². The summed E-state index contributed by atoms with van der Waals surface area (Å²) < 4.78 is 33.6. The Balaban J connectivity index is 2.57. The van der Waals surface area contributed by atoms with E-state index in [1.165, 1.54) is 0 Å². The zero-order chi connectivity index (χ0) is 15.3. The zero-order valence-electron chi connectivity index (χ0n) is 10.8. The van der Waals surface area contributed by atoms with Crippen molar-refractivity contribution in [2.45, 2.75) is 37.4 Å². The topological polar surface area (TPSA) is 105 Å². The van der Waals surface area contributed by atoms with Crippen molar-refractivity contribution < 1.29 is 23.7 Å². The molecular formula is C11H14F2N2O5. The molecule has 7 nitrogen and oxygen atoms in total. The van der Waals surface area contributed by atoms with Crippen molar-refractivity contribution >= 4 is 0 Å². The smallest absolute Gasteiger partial charge is 0.330 e. The first kappa shape index (κ1) is 14.8. The van der Waals surface area contributed by atoms with E-state index in [0.29, 0.717) is 10.8 Å². The lowest BCUT2D eigenvalue weighted by Gasteiger charge is -2.32. The first-order chi connectivity index (χ1) is 9.12. The molecule has 1 aromatic heterocycles. The Labute approximate surface area is 111 Å². The molecule has 0 bridgehead atoms. The van der Waals surface area contributed by atoms with E-state index in [2.05, 4.69) is 0 Å². The number of nitrogens with one attached hydrogen (secondary N) is 1. The molecule has 0 unspecified atom stereocenters. The second-order valence-corrected chi connectivity index (χ2v) is 5.03. The average molecular weight is 292 g/mol. The van der Waals surface area contributed by atoms with E-state index in [9.17, 15) is 23.5 Å². The van der Waals surface area contributed by atoms with Gasteiger partial charge < -0.3 is 14.9 Å². The number of aliphatic hydroxyl groups is 2. The van der Waals surface area contributed by atoms with Crippen LogP contribution >= 0.6 is 0 Å². The van der Waals surface area contributed by atoms with Gasteiger partial charge in [0.1, 0.15) is 11.7 Å². The summed E-state index contributed by atoms with van der Waals surface area (Å²) in [4.78, 5) is 24.2. The number of halogens is 2. The summed E-state index contributed by atoms with van der Waals surface area (Å²) in [5.74, 6) is -1.30. The van der Waals surface area contributed by atoms with E-state index in [4.69, 9.17) is 9.84 Å². The van der Waals surface area contributed by atoms with Crippen molar-refractivity contribution in [1.29, 1.82) is 0 Å². The highest BCUT2D eigenvalue weighted by molar-refractivity contribution is 5.09. The van der Waals surface area contributed by atoms with Crippen LogP contribution in [0.25, 0.3) is 0 Å². The number of rotatable bonds is 2. The molecule has 1 fully saturated rings. The molecule has 0 aromatic carbocycles. The van der Waals surface area contributed by atoms with Crippen LogP contribution in [-0.4, -0.2) is 43.7 Å². The van der Waals surface area contributed by atoms with E-state index in [-0.39, 0.29) is 0 Å². The summed E-state index contributed by atoms with van der Waals surface area (Å²) in [6.07, 6.45) is -2.49. The van der Waals surface area contributed by atoms with Crippen LogP contribution in [0.1, 0.15) is 20.1 Å². The van der Waals surface area contributed by atoms with E-state index < -0.39 is 47.3 Å². The van der Waals surface area contributed by atoms with Gasteiger partial charge in [0.25, 0.3) is 5.56 Å². The lowest BCUT2D eigenvalue weighted by Crippen LogP contribution is -2.52. The van der Waals surface area contributed by atoms with Crippen molar-refractivity contribution in [1.82, 2.24) is 9.55 Å². The summed E-state index contributed by atoms with van der Waals surface area (Å²) in [6, 6.07) is 0. The van der Waals surface area contributed by atoms with Gasteiger partial charge in [-0.3, -0.25) is 14.3 Å². The van der Waals surface area contributed by atoms with Crippen molar-refractivity contribution in [3.8, 4) is 0 Å². The minimum Gasteiger partial charge on any atom is -0.394 e. The minimum absolute atomic E-state index is 0.500. The maximum Gasteiger partial charge on any atom is 0.330 e. The van der Waals surface area contributed by atoms with Gasteiger partial charge in [-0.15, -0.1) is 0 Å².